The van der Waals surface area contributed by atoms with E-state index in [0.717, 1.165) is 26.9 Å². The van der Waals surface area contributed by atoms with Crippen LogP contribution in [-0.4, -0.2) is 60.9 Å². The van der Waals surface area contributed by atoms with Gasteiger partial charge in [0.05, 0.1) is 23.6 Å². The third kappa shape index (κ3) is 7.47. The molecule has 2 atom stereocenters. The van der Waals surface area contributed by atoms with E-state index in [0.29, 0.717) is 11.3 Å². The molecule has 0 fully saturated rings. The third-order valence-electron chi connectivity index (χ3n) is 8.70. The van der Waals surface area contributed by atoms with Crippen molar-refractivity contribution in [3.8, 4) is 22.7 Å². The van der Waals surface area contributed by atoms with Crippen LogP contribution in [0.2, 0.25) is 0 Å². The number of benzene rings is 3. The first-order valence-corrected chi connectivity index (χ1v) is 16.8. The molecule has 1 aliphatic heterocycles. The van der Waals surface area contributed by atoms with Gasteiger partial charge in [-0.2, -0.15) is 13.2 Å². The summed E-state index contributed by atoms with van der Waals surface area (Å²) in [7, 11) is 0. The minimum absolute atomic E-state index is 0.00756. The number of hydrogen-bond acceptors (Lipinski definition) is 6. The highest BCUT2D eigenvalue weighted by molar-refractivity contribution is 9.10. The minimum Gasteiger partial charge on any atom is -0.491 e. The predicted octanol–water partition coefficient (Wildman–Crippen LogP) is 6.05. The molecule has 2 N–H and O–H groups in total. The van der Waals surface area contributed by atoms with Crippen LogP contribution in [0.1, 0.15) is 44.6 Å². The van der Waals surface area contributed by atoms with Gasteiger partial charge in [0, 0.05) is 40.9 Å². The van der Waals surface area contributed by atoms with Gasteiger partial charge < -0.3 is 20.1 Å². The molecule has 10 nitrogen and oxygen atoms in total. The van der Waals surface area contributed by atoms with Crippen LogP contribution in [0.3, 0.4) is 0 Å². The van der Waals surface area contributed by atoms with Crippen molar-refractivity contribution in [2.45, 2.75) is 51.8 Å². The molecule has 6 rings (SSSR count). The largest absolute Gasteiger partial charge is 0.491 e. The SMILES string of the molecule is Cc1cc(C(=O)N2Cc3c(C(=O)NCc4ccccc4-c4ccccn4)n(-c4ccc(OC[C@@H](O)C(F)(F)F)cc4)c(=O)n3C[C@@H]2C)ccc1Br. The molecule has 0 saturated carbocycles. The Hall–Kier alpha value is -5.21. The number of imidazole rings is 1. The zero-order valence-corrected chi connectivity index (χ0v) is 29.1. The standard InChI is InChI=1S/C37H33BrF3N5O5/c1-22-17-24(10-15-29(22)38)35(49)44-20-31-33(34(48)43-18-25-7-3-4-8-28(25)30-9-5-6-16-42-30)46(36(50)45(31)19-23(44)2)26-11-13-27(14-12-26)51-21-32(47)37(39,40)41/h3-17,23,32,47H,18-21H2,1-2H3,(H,43,48)/t23-,32+/m0/s1. The second kappa shape index (κ2) is 14.6. The molecule has 5 aromatic rings. The number of hydrogen-bond donors (Lipinski definition) is 2. The summed E-state index contributed by atoms with van der Waals surface area (Å²) < 4.78 is 47.1. The summed E-state index contributed by atoms with van der Waals surface area (Å²) in [6.07, 6.45) is -5.85. The van der Waals surface area contributed by atoms with Crippen molar-refractivity contribution in [3.63, 3.8) is 0 Å². The van der Waals surface area contributed by atoms with E-state index in [2.05, 4.69) is 26.2 Å². The average molecular weight is 765 g/mol. The summed E-state index contributed by atoms with van der Waals surface area (Å²) in [6.45, 7) is 2.85. The second-order valence-electron chi connectivity index (χ2n) is 12.2. The highest BCUT2D eigenvalue weighted by atomic mass is 79.9. The van der Waals surface area contributed by atoms with Crippen LogP contribution >= 0.6 is 15.9 Å². The number of carbonyl (C=O) groups excluding carboxylic acids is 2. The Morgan fingerprint density at radius 2 is 1.78 bits per heavy atom. The second-order valence-corrected chi connectivity index (χ2v) is 13.0. The molecule has 0 spiro atoms. The van der Waals surface area contributed by atoms with Gasteiger partial charge in [0.15, 0.2) is 6.10 Å². The Morgan fingerprint density at radius 1 is 1.06 bits per heavy atom. The number of alkyl halides is 3. The van der Waals surface area contributed by atoms with Crippen LogP contribution in [0, 0.1) is 6.92 Å². The summed E-state index contributed by atoms with van der Waals surface area (Å²) in [5, 5.41) is 12.3. The zero-order valence-electron chi connectivity index (χ0n) is 27.5. The Labute approximate surface area is 299 Å². The van der Waals surface area contributed by atoms with E-state index in [1.807, 2.05) is 50.2 Å². The molecular formula is C37H33BrF3N5O5. The van der Waals surface area contributed by atoms with Crippen molar-refractivity contribution >= 4 is 27.7 Å². The van der Waals surface area contributed by atoms with Crippen molar-refractivity contribution < 1.29 is 32.6 Å². The molecule has 51 heavy (non-hydrogen) atoms. The molecule has 0 unspecified atom stereocenters. The number of nitrogens with one attached hydrogen (secondary N) is 1. The van der Waals surface area contributed by atoms with E-state index < -0.39 is 36.5 Å². The van der Waals surface area contributed by atoms with Gasteiger partial charge in [-0.15, -0.1) is 0 Å². The first-order valence-electron chi connectivity index (χ1n) is 16.0. The van der Waals surface area contributed by atoms with Gasteiger partial charge >= 0.3 is 11.9 Å². The number of pyridine rings is 1. The Morgan fingerprint density at radius 3 is 2.47 bits per heavy atom. The number of rotatable bonds is 9. The molecule has 14 heteroatoms. The number of carbonyl (C=O) groups is 2. The number of halogens is 4. The molecule has 2 amide bonds. The van der Waals surface area contributed by atoms with Gasteiger partial charge in [-0.1, -0.05) is 46.3 Å². The number of nitrogens with zero attached hydrogens (tertiary/aromatic N) is 4. The third-order valence-corrected chi connectivity index (χ3v) is 9.59. The molecular weight excluding hydrogens is 731 g/mol. The Bertz CT molecular complexity index is 2130. The first kappa shape index (κ1) is 35.6. The van der Waals surface area contributed by atoms with Gasteiger partial charge in [-0.25, -0.2) is 4.79 Å². The lowest BCUT2D eigenvalue weighted by atomic mass is 10.0. The lowest BCUT2D eigenvalue weighted by molar-refractivity contribution is -0.210. The quantitative estimate of drug-likeness (QED) is 0.189. The fraction of sp³-hybridized carbons (Fsp3) is 0.243. The Balaban J connectivity index is 1.36. The molecule has 3 heterocycles. The number of ether oxygens (including phenoxy) is 1. The maximum absolute atomic E-state index is 14.2. The van der Waals surface area contributed by atoms with E-state index in [-0.39, 0.29) is 42.7 Å². The van der Waals surface area contributed by atoms with Gasteiger partial charge in [0.25, 0.3) is 11.8 Å². The number of aryl methyl sites for hydroxylation is 1. The van der Waals surface area contributed by atoms with Crippen LogP contribution in [0.25, 0.3) is 16.9 Å². The highest BCUT2D eigenvalue weighted by Crippen LogP contribution is 2.28. The lowest BCUT2D eigenvalue weighted by Gasteiger charge is -2.34. The van der Waals surface area contributed by atoms with Crippen LogP contribution in [0.15, 0.2) is 100 Å². The van der Waals surface area contributed by atoms with E-state index in [9.17, 15) is 32.7 Å². The van der Waals surface area contributed by atoms with Crippen LogP contribution in [-0.2, 0) is 19.6 Å². The number of aliphatic hydroxyl groups is 1. The molecule has 264 valence electrons. The van der Waals surface area contributed by atoms with Crippen molar-refractivity contribution in [2.24, 2.45) is 0 Å². The summed E-state index contributed by atoms with van der Waals surface area (Å²) >= 11 is 3.46. The van der Waals surface area contributed by atoms with Gasteiger partial charge in [-0.3, -0.25) is 23.7 Å². The van der Waals surface area contributed by atoms with Gasteiger partial charge in [-0.05, 0) is 79.6 Å². The van der Waals surface area contributed by atoms with Gasteiger partial charge in [0.2, 0.25) is 0 Å². The number of aliphatic hydroxyl groups excluding tert-OH is 1. The highest BCUT2D eigenvalue weighted by Gasteiger charge is 2.39. The summed E-state index contributed by atoms with van der Waals surface area (Å²) in [5.41, 5.74) is 3.71. The zero-order chi connectivity index (χ0) is 36.4. The number of aromatic nitrogens is 3. The molecule has 0 saturated heterocycles. The van der Waals surface area contributed by atoms with Crippen molar-refractivity contribution in [1.29, 1.82) is 0 Å². The molecule has 2 aromatic heterocycles. The number of amides is 2. The van der Waals surface area contributed by atoms with Crippen molar-refractivity contribution in [1.82, 2.24) is 24.3 Å². The summed E-state index contributed by atoms with van der Waals surface area (Å²) in [4.78, 5) is 48.2. The summed E-state index contributed by atoms with van der Waals surface area (Å²) in [5.74, 6) is -0.819. The van der Waals surface area contributed by atoms with E-state index in [1.165, 1.54) is 33.4 Å². The first-order chi connectivity index (χ1) is 24.3. The molecule has 0 aliphatic carbocycles. The minimum atomic E-state index is -4.85. The monoisotopic (exact) mass is 763 g/mol. The molecule has 0 bridgehead atoms. The van der Waals surface area contributed by atoms with E-state index >= 15 is 0 Å². The van der Waals surface area contributed by atoms with E-state index in [4.69, 9.17) is 4.74 Å². The number of fused-ring (bicyclic) bond motifs is 1. The maximum atomic E-state index is 14.2. The topological polar surface area (TPSA) is 119 Å². The fourth-order valence-electron chi connectivity index (χ4n) is 5.97. The molecule has 3 aromatic carbocycles. The van der Waals surface area contributed by atoms with Crippen LogP contribution in [0.5, 0.6) is 5.75 Å². The Kier molecular flexibility index (Phi) is 10.2. The maximum Gasteiger partial charge on any atom is 0.417 e. The smallest absolute Gasteiger partial charge is 0.417 e. The normalized spacial score (nSPS) is 14.9. The van der Waals surface area contributed by atoms with Crippen molar-refractivity contribution in [2.75, 3.05) is 6.61 Å². The lowest BCUT2D eigenvalue weighted by Crippen LogP contribution is -2.47. The van der Waals surface area contributed by atoms with E-state index in [1.54, 1.807) is 35.4 Å². The van der Waals surface area contributed by atoms with Crippen LogP contribution in [0.4, 0.5) is 13.2 Å². The van der Waals surface area contributed by atoms with Crippen LogP contribution < -0.4 is 15.7 Å². The average Bonchev–Trinajstić information content (AvgIpc) is 3.41. The van der Waals surface area contributed by atoms with Gasteiger partial charge in [0.1, 0.15) is 18.1 Å². The summed E-state index contributed by atoms with van der Waals surface area (Å²) in [6, 6.07) is 23.4. The molecule has 0 radical (unpaired) electrons. The predicted molar refractivity (Wildman–Crippen MR) is 187 cm³/mol. The molecule has 1 aliphatic rings. The fourth-order valence-corrected chi connectivity index (χ4v) is 6.22. The van der Waals surface area contributed by atoms with Crippen molar-refractivity contribution in [3.05, 3.63) is 134 Å².